The molecular weight excluding hydrogens is 260 g/mol. The van der Waals surface area contributed by atoms with Gasteiger partial charge in [-0.1, -0.05) is 38.0 Å². The number of hydrogen-bond acceptors (Lipinski definition) is 2. The fourth-order valence-electron chi connectivity index (χ4n) is 3.87. The van der Waals surface area contributed by atoms with Crippen molar-refractivity contribution >= 4 is 11.6 Å². The van der Waals surface area contributed by atoms with Gasteiger partial charge in [-0.05, 0) is 43.2 Å². The van der Waals surface area contributed by atoms with Crippen molar-refractivity contribution in [1.29, 1.82) is 0 Å². The summed E-state index contributed by atoms with van der Waals surface area (Å²) in [6, 6.07) is 8.55. The third-order valence-electron chi connectivity index (χ3n) is 5.22. The molecule has 1 saturated carbocycles. The molecule has 1 aliphatic heterocycles. The van der Waals surface area contributed by atoms with Crippen LogP contribution in [0.3, 0.4) is 0 Å². The number of benzene rings is 1. The summed E-state index contributed by atoms with van der Waals surface area (Å²) in [5.74, 6) is 1.62. The molecule has 3 rings (SSSR count). The van der Waals surface area contributed by atoms with E-state index in [0.717, 1.165) is 30.1 Å². The number of amides is 1. The van der Waals surface area contributed by atoms with Crippen molar-refractivity contribution in [2.24, 2.45) is 11.8 Å². The molecule has 1 aromatic carbocycles. The molecule has 0 radical (unpaired) electrons. The van der Waals surface area contributed by atoms with Crippen molar-refractivity contribution in [3.05, 3.63) is 29.8 Å². The third-order valence-corrected chi connectivity index (χ3v) is 5.22. The zero-order valence-corrected chi connectivity index (χ0v) is 13.1. The molecule has 4 atom stereocenters. The molecule has 0 aromatic heterocycles. The van der Waals surface area contributed by atoms with Crippen molar-refractivity contribution in [3.8, 4) is 0 Å². The van der Waals surface area contributed by atoms with Gasteiger partial charge >= 0.3 is 0 Å². The largest absolute Gasteiger partial charge is 0.382 e. The number of carbonyl (C=O) groups excluding carboxylic acids is 1. The van der Waals surface area contributed by atoms with Crippen molar-refractivity contribution in [3.63, 3.8) is 0 Å². The number of fused-ring (bicyclic) bond motifs is 1. The normalized spacial score (nSPS) is 31.3. The maximum Gasteiger partial charge on any atom is 0.227 e. The summed E-state index contributed by atoms with van der Waals surface area (Å²) in [6.07, 6.45) is 4.77. The van der Waals surface area contributed by atoms with Gasteiger partial charge in [0.15, 0.2) is 0 Å². The molecule has 1 heterocycles. The maximum absolute atomic E-state index is 12.6. The quantitative estimate of drug-likeness (QED) is 0.892. The Kier molecular flexibility index (Phi) is 4.18. The lowest BCUT2D eigenvalue weighted by Crippen LogP contribution is -2.38. The summed E-state index contributed by atoms with van der Waals surface area (Å²) in [5.41, 5.74) is 2.26. The molecule has 1 aromatic rings. The summed E-state index contributed by atoms with van der Waals surface area (Å²) in [5, 5.41) is 6.69. The van der Waals surface area contributed by atoms with Crippen LogP contribution in [0.1, 0.15) is 51.0 Å². The average Bonchev–Trinajstić information content (AvgIpc) is 2.89. The molecule has 1 aliphatic carbocycles. The molecule has 3 nitrogen and oxygen atoms in total. The Balaban J connectivity index is 1.67. The molecule has 0 spiro atoms. The van der Waals surface area contributed by atoms with E-state index in [1.165, 1.54) is 19.3 Å². The van der Waals surface area contributed by atoms with Crippen LogP contribution in [-0.4, -0.2) is 18.5 Å². The first kappa shape index (κ1) is 14.4. The van der Waals surface area contributed by atoms with Crippen LogP contribution in [0, 0.1) is 11.8 Å². The number of carbonyl (C=O) groups is 1. The van der Waals surface area contributed by atoms with Gasteiger partial charge in [-0.3, -0.25) is 4.79 Å². The Morgan fingerprint density at radius 1 is 1.29 bits per heavy atom. The van der Waals surface area contributed by atoms with Crippen molar-refractivity contribution in [2.45, 2.75) is 51.5 Å². The number of hydrogen-bond donors (Lipinski definition) is 2. The molecule has 4 unspecified atom stereocenters. The van der Waals surface area contributed by atoms with Crippen molar-refractivity contribution in [1.82, 2.24) is 5.32 Å². The Morgan fingerprint density at radius 2 is 2.10 bits per heavy atom. The molecule has 2 N–H and O–H groups in total. The van der Waals surface area contributed by atoms with E-state index in [4.69, 9.17) is 0 Å². The third kappa shape index (κ3) is 3.07. The van der Waals surface area contributed by atoms with Gasteiger partial charge in [0, 0.05) is 18.3 Å². The van der Waals surface area contributed by atoms with E-state index in [1.54, 1.807) is 0 Å². The Labute approximate surface area is 127 Å². The predicted molar refractivity (Wildman–Crippen MR) is 86.4 cm³/mol. The second-order valence-corrected chi connectivity index (χ2v) is 6.83. The highest BCUT2D eigenvalue weighted by Gasteiger charge is 2.30. The fraction of sp³-hybridized carbons (Fsp3) is 0.611. The first-order chi connectivity index (χ1) is 10.1. The van der Waals surface area contributed by atoms with Crippen molar-refractivity contribution < 1.29 is 4.79 Å². The lowest BCUT2D eigenvalue weighted by atomic mass is 9.86. The zero-order chi connectivity index (χ0) is 14.8. The second kappa shape index (κ2) is 6.08. The molecule has 3 heteroatoms. The highest BCUT2D eigenvalue weighted by molar-refractivity contribution is 5.86. The van der Waals surface area contributed by atoms with Gasteiger partial charge in [0.2, 0.25) is 5.91 Å². The fourth-order valence-corrected chi connectivity index (χ4v) is 3.87. The standard InChI is InChI=1S/C18H26N2O/c1-12-6-5-7-14(12)11-19-18(21)16-10-13(2)20-17-9-4-3-8-15(16)17/h3-4,8-9,12-14,16,20H,5-7,10-11H2,1-2H3,(H,19,21). The van der Waals surface area contributed by atoms with Crippen LogP contribution in [0.25, 0.3) is 0 Å². The number of nitrogens with one attached hydrogen (secondary N) is 2. The Bertz CT molecular complexity index is 514. The average molecular weight is 286 g/mol. The summed E-state index contributed by atoms with van der Waals surface area (Å²) in [4.78, 5) is 12.6. The highest BCUT2D eigenvalue weighted by Crippen LogP contribution is 2.35. The first-order valence-electron chi connectivity index (χ1n) is 8.28. The van der Waals surface area contributed by atoms with E-state index in [1.807, 2.05) is 12.1 Å². The minimum absolute atomic E-state index is 0.00541. The summed E-state index contributed by atoms with van der Waals surface area (Å²) in [6.45, 7) is 5.31. The number of para-hydroxylation sites is 1. The monoisotopic (exact) mass is 286 g/mol. The Morgan fingerprint density at radius 3 is 2.86 bits per heavy atom. The maximum atomic E-state index is 12.6. The minimum Gasteiger partial charge on any atom is -0.382 e. The lowest BCUT2D eigenvalue weighted by molar-refractivity contribution is -0.123. The van der Waals surface area contributed by atoms with Gasteiger partial charge in [0.05, 0.1) is 5.92 Å². The zero-order valence-electron chi connectivity index (χ0n) is 13.1. The molecular formula is C18H26N2O. The Hall–Kier alpha value is -1.51. The van der Waals surface area contributed by atoms with E-state index in [9.17, 15) is 4.79 Å². The van der Waals surface area contributed by atoms with E-state index in [-0.39, 0.29) is 11.8 Å². The van der Waals surface area contributed by atoms with Gasteiger partial charge in [-0.2, -0.15) is 0 Å². The number of anilines is 1. The molecule has 2 aliphatic rings. The van der Waals surface area contributed by atoms with Crippen LogP contribution in [0.5, 0.6) is 0 Å². The van der Waals surface area contributed by atoms with E-state index in [2.05, 4.69) is 36.6 Å². The molecule has 1 amide bonds. The van der Waals surface area contributed by atoms with Crippen LogP contribution >= 0.6 is 0 Å². The lowest BCUT2D eigenvalue weighted by Gasteiger charge is -2.31. The van der Waals surface area contributed by atoms with E-state index >= 15 is 0 Å². The SMILES string of the molecule is CC1CC(C(=O)NCC2CCCC2C)c2ccccc2N1. The second-order valence-electron chi connectivity index (χ2n) is 6.83. The van der Waals surface area contributed by atoms with Crippen LogP contribution in [-0.2, 0) is 4.79 Å². The van der Waals surface area contributed by atoms with E-state index in [0.29, 0.717) is 12.0 Å². The summed E-state index contributed by atoms with van der Waals surface area (Å²) < 4.78 is 0. The summed E-state index contributed by atoms with van der Waals surface area (Å²) >= 11 is 0. The van der Waals surface area contributed by atoms with E-state index < -0.39 is 0 Å². The molecule has 21 heavy (non-hydrogen) atoms. The van der Waals surface area contributed by atoms with Crippen LogP contribution in [0.4, 0.5) is 5.69 Å². The van der Waals surface area contributed by atoms with Gasteiger partial charge in [-0.15, -0.1) is 0 Å². The molecule has 1 fully saturated rings. The first-order valence-corrected chi connectivity index (χ1v) is 8.28. The van der Waals surface area contributed by atoms with Gasteiger partial charge < -0.3 is 10.6 Å². The van der Waals surface area contributed by atoms with Gasteiger partial charge in [-0.25, -0.2) is 0 Å². The molecule has 0 saturated heterocycles. The minimum atomic E-state index is -0.00541. The molecule has 0 bridgehead atoms. The van der Waals surface area contributed by atoms with Crippen molar-refractivity contribution in [2.75, 3.05) is 11.9 Å². The van der Waals surface area contributed by atoms with Gasteiger partial charge in [0.1, 0.15) is 0 Å². The topological polar surface area (TPSA) is 41.1 Å². The van der Waals surface area contributed by atoms with Crippen LogP contribution in [0.15, 0.2) is 24.3 Å². The smallest absolute Gasteiger partial charge is 0.227 e. The van der Waals surface area contributed by atoms with Crippen LogP contribution < -0.4 is 10.6 Å². The highest BCUT2D eigenvalue weighted by atomic mass is 16.1. The number of rotatable bonds is 3. The molecule has 114 valence electrons. The van der Waals surface area contributed by atoms with Crippen LogP contribution in [0.2, 0.25) is 0 Å². The van der Waals surface area contributed by atoms with Gasteiger partial charge in [0.25, 0.3) is 0 Å². The predicted octanol–water partition coefficient (Wildman–Crippen LogP) is 3.53. The summed E-state index contributed by atoms with van der Waals surface area (Å²) in [7, 11) is 0.